The number of para-hydroxylation sites is 2. The van der Waals surface area contributed by atoms with Gasteiger partial charge in [0.05, 0.1) is 34.2 Å². The van der Waals surface area contributed by atoms with Gasteiger partial charge in [-0.15, -0.1) is 0 Å². The van der Waals surface area contributed by atoms with E-state index in [1.807, 2.05) is 12.1 Å². The van der Waals surface area contributed by atoms with Crippen LogP contribution in [0.3, 0.4) is 0 Å². The molecule has 0 saturated carbocycles. The van der Waals surface area contributed by atoms with Crippen LogP contribution in [-0.4, -0.2) is 16.4 Å². The van der Waals surface area contributed by atoms with Crippen molar-refractivity contribution in [3.63, 3.8) is 0 Å². The molecule has 0 unspecified atom stereocenters. The quantitative estimate of drug-likeness (QED) is 0.0614. The van der Waals surface area contributed by atoms with Crippen LogP contribution in [0, 0.1) is 0 Å². The van der Waals surface area contributed by atoms with Crippen molar-refractivity contribution in [2.45, 2.75) is 79.1 Å². The summed E-state index contributed by atoms with van der Waals surface area (Å²) in [4.78, 5) is 17.8. The minimum Gasteiger partial charge on any atom is -0.373 e. The van der Waals surface area contributed by atoms with Crippen molar-refractivity contribution in [3.05, 3.63) is 176 Å². The molecule has 0 aliphatic rings. The first-order valence-corrected chi connectivity index (χ1v) is 17.1. The molecule has 6 nitrogen and oxygen atoms in total. The van der Waals surface area contributed by atoms with E-state index in [0.29, 0.717) is 23.7 Å². The SMILES string of the molecule is CC(C)c1cccc(C(C)C)c1N=C(c1ccccc1)c1cccc(C(=Nc2c(C(C)C)cccc2C(C)C)c2ccccc2)n1.[Co].[N-]=[N+]=[N-]. The van der Waals surface area contributed by atoms with E-state index in [2.05, 4.69) is 159 Å². The molecule has 5 rings (SSSR count). The molecular formula is C43H47CoN6-. The summed E-state index contributed by atoms with van der Waals surface area (Å²) in [6, 6.07) is 40.3. The van der Waals surface area contributed by atoms with Crippen molar-refractivity contribution >= 4 is 22.8 Å². The number of aliphatic imine (C=N–C) groups is 2. The van der Waals surface area contributed by atoms with Crippen LogP contribution in [0.2, 0.25) is 0 Å². The molecule has 5 aromatic rings. The molecule has 0 saturated heterocycles. The molecule has 259 valence electrons. The van der Waals surface area contributed by atoms with E-state index in [-0.39, 0.29) is 16.8 Å². The summed E-state index contributed by atoms with van der Waals surface area (Å²) in [5.74, 6) is 1.34. The Balaban J connectivity index is 0.00000163. The van der Waals surface area contributed by atoms with Crippen molar-refractivity contribution in [3.8, 4) is 0 Å². The Bertz CT molecular complexity index is 1750. The van der Waals surface area contributed by atoms with Crippen LogP contribution in [0.4, 0.5) is 11.4 Å². The number of hydrogen-bond acceptors (Lipinski definition) is 3. The van der Waals surface area contributed by atoms with Gasteiger partial charge in [-0.1, -0.05) is 159 Å². The summed E-state index contributed by atoms with van der Waals surface area (Å²) in [6.45, 7) is 17.9. The molecule has 0 aliphatic heterocycles. The molecule has 0 bridgehead atoms. The van der Waals surface area contributed by atoms with E-state index < -0.39 is 0 Å². The second-order valence-corrected chi connectivity index (χ2v) is 13.3. The molecule has 0 amide bonds. The minimum absolute atomic E-state index is 0. The van der Waals surface area contributed by atoms with Gasteiger partial charge < -0.3 is 11.1 Å². The van der Waals surface area contributed by atoms with Gasteiger partial charge in [-0.05, 0) is 58.1 Å². The fourth-order valence-corrected chi connectivity index (χ4v) is 5.94. The number of pyridine rings is 1. The van der Waals surface area contributed by atoms with Crippen molar-refractivity contribution in [1.82, 2.24) is 4.98 Å². The molecular weight excluding hydrogens is 659 g/mol. The van der Waals surface area contributed by atoms with Crippen LogP contribution in [0.25, 0.3) is 16.0 Å². The maximum atomic E-state index is 6.75. The average Bonchev–Trinajstić information content (AvgIpc) is 3.10. The van der Waals surface area contributed by atoms with E-state index in [4.69, 9.17) is 26.0 Å². The van der Waals surface area contributed by atoms with E-state index in [1.165, 1.54) is 27.2 Å². The van der Waals surface area contributed by atoms with Crippen LogP contribution in [-0.2, 0) is 16.8 Å². The molecule has 0 fully saturated rings. The summed E-state index contributed by atoms with van der Waals surface area (Å²) < 4.78 is 0. The van der Waals surface area contributed by atoms with Crippen LogP contribution in [0.5, 0.6) is 0 Å². The van der Waals surface area contributed by atoms with Gasteiger partial charge in [0.1, 0.15) is 0 Å². The Morgan fingerprint density at radius 3 is 1.02 bits per heavy atom. The first kappa shape index (κ1) is 39.6. The van der Waals surface area contributed by atoms with Gasteiger partial charge in [-0.2, -0.15) is 0 Å². The minimum atomic E-state index is 0. The second-order valence-electron chi connectivity index (χ2n) is 13.3. The first-order chi connectivity index (χ1) is 23.6. The molecule has 0 N–H and O–H groups in total. The largest absolute Gasteiger partial charge is 0.373 e. The number of nitrogens with zero attached hydrogens (tertiary/aromatic N) is 6. The van der Waals surface area contributed by atoms with Crippen LogP contribution >= 0.6 is 0 Å². The monoisotopic (exact) mass is 706 g/mol. The average molecular weight is 707 g/mol. The molecule has 0 spiro atoms. The molecule has 0 aliphatic carbocycles. The first-order valence-electron chi connectivity index (χ1n) is 17.1. The second kappa shape index (κ2) is 18.8. The van der Waals surface area contributed by atoms with Crippen LogP contribution in [0.15, 0.2) is 125 Å². The van der Waals surface area contributed by atoms with Gasteiger partial charge >= 0.3 is 0 Å². The molecule has 50 heavy (non-hydrogen) atoms. The number of rotatable bonds is 10. The van der Waals surface area contributed by atoms with Crippen molar-refractivity contribution in [2.75, 3.05) is 0 Å². The van der Waals surface area contributed by atoms with E-state index in [0.717, 1.165) is 45.3 Å². The molecule has 1 aromatic heterocycles. The summed E-state index contributed by atoms with van der Waals surface area (Å²) in [5.41, 5.74) is 26.0. The zero-order valence-electron chi connectivity index (χ0n) is 30.3. The standard InChI is InChI=1S/C43H47N3.Co.N3/c1-28(2)34-22-15-23-35(29(3)4)42(34)45-40(32-18-11-9-12-19-32)38-26-17-27-39(44-38)41(33-20-13-10-14-21-33)46-43-36(30(5)6)24-16-25-37(43)31(7)8;;1-3-2/h9-31H,1-8H3;;/q;;-1. The maximum Gasteiger partial charge on any atom is 0.0966 e. The predicted molar refractivity (Wildman–Crippen MR) is 207 cm³/mol. The molecule has 1 radical (unpaired) electrons. The summed E-state index contributed by atoms with van der Waals surface area (Å²) >= 11 is 0. The van der Waals surface area contributed by atoms with E-state index in [9.17, 15) is 0 Å². The fraction of sp³-hybridized carbons (Fsp3) is 0.279. The number of aromatic nitrogens is 1. The van der Waals surface area contributed by atoms with Gasteiger partial charge in [0.25, 0.3) is 0 Å². The van der Waals surface area contributed by atoms with Crippen molar-refractivity contribution in [1.29, 1.82) is 0 Å². The molecule has 1 heterocycles. The Hall–Kier alpha value is -4.81. The molecule has 7 heteroatoms. The summed E-state index contributed by atoms with van der Waals surface area (Å²) in [7, 11) is 0. The zero-order chi connectivity index (χ0) is 35.5. The van der Waals surface area contributed by atoms with Gasteiger partial charge in [-0.3, -0.25) is 4.91 Å². The zero-order valence-corrected chi connectivity index (χ0v) is 31.3. The Kier molecular flexibility index (Phi) is 14.9. The van der Waals surface area contributed by atoms with E-state index >= 15 is 0 Å². The smallest absolute Gasteiger partial charge is 0.0966 e. The fourth-order valence-electron chi connectivity index (χ4n) is 5.94. The molecule has 4 aromatic carbocycles. The maximum absolute atomic E-state index is 6.75. The van der Waals surface area contributed by atoms with Crippen molar-refractivity contribution < 1.29 is 16.8 Å². The topological polar surface area (TPSA) is 96.3 Å². The third kappa shape index (κ3) is 9.66. The third-order valence-electron chi connectivity index (χ3n) is 8.46. The predicted octanol–water partition coefficient (Wildman–Crippen LogP) is 12.8. The van der Waals surface area contributed by atoms with Crippen molar-refractivity contribution in [2.24, 2.45) is 9.98 Å². The Labute approximate surface area is 308 Å². The number of benzene rings is 4. The van der Waals surface area contributed by atoms with Gasteiger partial charge in [0.2, 0.25) is 0 Å². The normalized spacial score (nSPS) is 11.7. The van der Waals surface area contributed by atoms with Gasteiger partial charge in [0, 0.05) is 27.9 Å². The Morgan fingerprint density at radius 1 is 0.460 bits per heavy atom. The van der Waals surface area contributed by atoms with Crippen LogP contribution in [0.1, 0.15) is 124 Å². The Morgan fingerprint density at radius 2 is 0.740 bits per heavy atom. The third-order valence-corrected chi connectivity index (χ3v) is 8.46. The number of hydrogen-bond donors (Lipinski definition) is 0. The van der Waals surface area contributed by atoms with Crippen LogP contribution < -0.4 is 0 Å². The summed E-state index contributed by atoms with van der Waals surface area (Å²) in [6.07, 6.45) is 0. The van der Waals surface area contributed by atoms with Gasteiger partial charge in [-0.25, -0.2) is 15.0 Å². The summed E-state index contributed by atoms with van der Waals surface area (Å²) in [5, 5.41) is 0. The van der Waals surface area contributed by atoms with E-state index in [1.54, 1.807) is 0 Å². The molecule has 0 atom stereocenters. The van der Waals surface area contributed by atoms with Gasteiger partial charge in [0.15, 0.2) is 0 Å².